The molecule has 112 valence electrons. The molecule has 3 rings (SSSR count). The highest BCUT2D eigenvalue weighted by Crippen LogP contribution is 2.20. The number of carbonyl (C=O) groups is 1. The smallest absolute Gasteiger partial charge is 0.255 e. The minimum absolute atomic E-state index is 0.0135. The SMILES string of the molecule is Cc1ccc2nc(C)c(C(=O)N(C)Cc3ccsc3)cc2c1. The highest BCUT2D eigenvalue weighted by Gasteiger charge is 2.16. The fourth-order valence-corrected chi connectivity index (χ4v) is 3.20. The molecule has 1 aromatic carbocycles. The molecule has 2 heterocycles. The number of pyridine rings is 1. The first-order chi connectivity index (χ1) is 10.5. The number of fused-ring (bicyclic) bond motifs is 1. The van der Waals surface area contributed by atoms with Gasteiger partial charge in [0, 0.05) is 19.0 Å². The molecule has 0 saturated carbocycles. The van der Waals surface area contributed by atoms with Gasteiger partial charge in [-0.1, -0.05) is 11.6 Å². The van der Waals surface area contributed by atoms with Crippen molar-refractivity contribution in [2.45, 2.75) is 20.4 Å². The first kappa shape index (κ1) is 14.7. The topological polar surface area (TPSA) is 33.2 Å². The van der Waals surface area contributed by atoms with Gasteiger partial charge in [-0.05, 0) is 54.4 Å². The number of nitrogens with zero attached hydrogens (tertiary/aromatic N) is 2. The van der Waals surface area contributed by atoms with E-state index in [4.69, 9.17) is 0 Å². The number of carbonyl (C=O) groups excluding carboxylic acids is 1. The molecule has 0 fully saturated rings. The van der Waals surface area contributed by atoms with Crippen molar-refractivity contribution in [3.63, 3.8) is 0 Å². The lowest BCUT2D eigenvalue weighted by Gasteiger charge is -2.18. The molecule has 0 aliphatic heterocycles. The van der Waals surface area contributed by atoms with E-state index in [0.29, 0.717) is 12.1 Å². The predicted molar refractivity (Wildman–Crippen MR) is 91.3 cm³/mol. The molecule has 0 unspecified atom stereocenters. The minimum Gasteiger partial charge on any atom is -0.337 e. The van der Waals surface area contributed by atoms with Gasteiger partial charge in [-0.25, -0.2) is 0 Å². The maximum absolute atomic E-state index is 12.7. The summed E-state index contributed by atoms with van der Waals surface area (Å²) in [5.74, 6) is 0.0135. The van der Waals surface area contributed by atoms with Crippen LogP contribution in [0.2, 0.25) is 0 Å². The number of thiophene rings is 1. The van der Waals surface area contributed by atoms with Gasteiger partial charge >= 0.3 is 0 Å². The van der Waals surface area contributed by atoms with Gasteiger partial charge in [0.2, 0.25) is 0 Å². The lowest BCUT2D eigenvalue weighted by Crippen LogP contribution is -2.27. The van der Waals surface area contributed by atoms with Crippen molar-refractivity contribution >= 4 is 28.1 Å². The Balaban J connectivity index is 1.94. The third-order valence-electron chi connectivity index (χ3n) is 3.74. The van der Waals surface area contributed by atoms with Crippen LogP contribution in [0.3, 0.4) is 0 Å². The number of hydrogen-bond donors (Lipinski definition) is 0. The average molecular weight is 310 g/mol. The summed E-state index contributed by atoms with van der Waals surface area (Å²) in [5, 5.41) is 5.11. The number of amides is 1. The Kier molecular flexibility index (Phi) is 3.94. The van der Waals surface area contributed by atoms with E-state index in [9.17, 15) is 4.79 Å². The lowest BCUT2D eigenvalue weighted by atomic mass is 10.1. The van der Waals surface area contributed by atoms with E-state index in [1.165, 1.54) is 5.56 Å². The zero-order chi connectivity index (χ0) is 15.7. The van der Waals surface area contributed by atoms with Crippen LogP contribution in [-0.2, 0) is 6.54 Å². The maximum atomic E-state index is 12.7. The number of benzene rings is 1. The Hall–Kier alpha value is -2.20. The van der Waals surface area contributed by atoms with Gasteiger partial charge in [-0.3, -0.25) is 9.78 Å². The van der Waals surface area contributed by atoms with Crippen molar-refractivity contribution < 1.29 is 4.79 Å². The predicted octanol–water partition coefficient (Wildman–Crippen LogP) is 4.19. The summed E-state index contributed by atoms with van der Waals surface area (Å²) in [4.78, 5) is 19.0. The summed E-state index contributed by atoms with van der Waals surface area (Å²) < 4.78 is 0. The first-order valence-electron chi connectivity index (χ1n) is 7.19. The van der Waals surface area contributed by atoms with Gasteiger partial charge in [-0.2, -0.15) is 11.3 Å². The fraction of sp³-hybridized carbons (Fsp3) is 0.222. The second-order valence-electron chi connectivity index (χ2n) is 5.61. The fourth-order valence-electron chi connectivity index (χ4n) is 2.54. The van der Waals surface area contributed by atoms with E-state index in [1.54, 1.807) is 16.2 Å². The molecule has 0 atom stereocenters. The second kappa shape index (κ2) is 5.89. The summed E-state index contributed by atoms with van der Waals surface area (Å²) >= 11 is 1.65. The summed E-state index contributed by atoms with van der Waals surface area (Å²) in [5.41, 5.74) is 4.71. The molecule has 0 saturated heterocycles. The molecule has 3 aromatic rings. The van der Waals surface area contributed by atoms with Gasteiger partial charge in [-0.15, -0.1) is 0 Å². The molecule has 0 radical (unpaired) electrons. The van der Waals surface area contributed by atoms with Crippen molar-refractivity contribution in [1.82, 2.24) is 9.88 Å². The van der Waals surface area contributed by atoms with E-state index in [0.717, 1.165) is 22.2 Å². The van der Waals surface area contributed by atoms with E-state index >= 15 is 0 Å². The number of aromatic nitrogens is 1. The highest BCUT2D eigenvalue weighted by molar-refractivity contribution is 7.07. The molecule has 0 N–H and O–H groups in total. The highest BCUT2D eigenvalue weighted by atomic mass is 32.1. The average Bonchev–Trinajstić information content (AvgIpc) is 2.99. The first-order valence-corrected chi connectivity index (χ1v) is 8.13. The van der Waals surface area contributed by atoms with Crippen LogP contribution in [-0.4, -0.2) is 22.8 Å². The molecule has 1 amide bonds. The van der Waals surface area contributed by atoms with E-state index in [2.05, 4.69) is 16.4 Å². The summed E-state index contributed by atoms with van der Waals surface area (Å²) in [6, 6.07) is 10.1. The summed E-state index contributed by atoms with van der Waals surface area (Å²) in [6.45, 7) is 4.56. The van der Waals surface area contributed by atoms with Gasteiger partial charge < -0.3 is 4.90 Å². The van der Waals surface area contributed by atoms with Crippen LogP contribution in [0.1, 0.15) is 27.2 Å². The van der Waals surface area contributed by atoms with Crippen LogP contribution in [0.15, 0.2) is 41.1 Å². The van der Waals surface area contributed by atoms with Gasteiger partial charge in [0.25, 0.3) is 5.91 Å². The molecule has 0 spiro atoms. The van der Waals surface area contributed by atoms with Gasteiger partial charge in [0.15, 0.2) is 0 Å². The van der Waals surface area contributed by atoms with Gasteiger partial charge in [0.05, 0.1) is 16.8 Å². The van der Waals surface area contributed by atoms with E-state index < -0.39 is 0 Å². The van der Waals surface area contributed by atoms with Crippen LogP contribution >= 0.6 is 11.3 Å². The quantitative estimate of drug-likeness (QED) is 0.727. The molecular weight excluding hydrogens is 292 g/mol. The molecule has 2 aromatic heterocycles. The van der Waals surface area contributed by atoms with Crippen LogP contribution in [0, 0.1) is 13.8 Å². The summed E-state index contributed by atoms with van der Waals surface area (Å²) in [7, 11) is 1.83. The van der Waals surface area contributed by atoms with Crippen LogP contribution in [0.5, 0.6) is 0 Å². The molecule has 22 heavy (non-hydrogen) atoms. The normalized spacial score (nSPS) is 10.9. The van der Waals surface area contributed by atoms with Crippen molar-refractivity contribution in [3.05, 3.63) is 63.5 Å². The third kappa shape index (κ3) is 2.88. The Morgan fingerprint density at radius 1 is 1.23 bits per heavy atom. The van der Waals surface area contributed by atoms with Crippen LogP contribution in [0.25, 0.3) is 10.9 Å². The Morgan fingerprint density at radius 2 is 2.05 bits per heavy atom. The minimum atomic E-state index is 0.0135. The van der Waals surface area contributed by atoms with Gasteiger partial charge in [0.1, 0.15) is 0 Å². The molecule has 0 aliphatic carbocycles. The zero-order valence-corrected chi connectivity index (χ0v) is 13.8. The van der Waals surface area contributed by atoms with Crippen molar-refractivity contribution in [2.75, 3.05) is 7.05 Å². The van der Waals surface area contributed by atoms with Crippen molar-refractivity contribution in [1.29, 1.82) is 0 Å². The molecular formula is C18H18N2OS. The molecule has 0 aliphatic rings. The Bertz CT molecular complexity index is 824. The number of hydrogen-bond acceptors (Lipinski definition) is 3. The maximum Gasteiger partial charge on any atom is 0.255 e. The van der Waals surface area contributed by atoms with E-state index in [1.807, 2.05) is 50.5 Å². The Labute approximate surface area is 134 Å². The number of rotatable bonds is 3. The van der Waals surface area contributed by atoms with Crippen LogP contribution < -0.4 is 0 Å². The van der Waals surface area contributed by atoms with Crippen molar-refractivity contribution in [3.8, 4) is 0 Å². The standard InChI is InChI=1S/C18H18N2OS/c1-12-4-5-17-15(8-12)9-16(13(2)19-17)18(21)20(3)10-14-6-7-22-11-14/h4-9,11H,10H2,1-3H3. The lowest BCUT2D eigenvalue weighted by molar-refractivity contribution is 0.0784. The molecule has 4 heteroatoms. The number of aryl methyl sites for hydroxylation is 2. The van der Waals surface area contributed by atoms with E-state index in [-0.39, 0.29) is 5.91 Å². The molecule has 0 bridgehead atoms. The van der Waals surface area contributed by atoms with Crippen molar-refractivity contribution in [2.24, 2.45) is 0 Å². The zero-order valence-electron chi connectivity index (χ0n) is 13.0. The summed E-state index contributed by atoms with van der Waals surface area (Å²) in [6.07, 6.45) is 0. The third-order valence-corrected chi connectivity index (χ3v) is 4.47. The van der Waals surface area contributed by atoms with Crippen LogP contribution in [0.4, 0.5) is 0 Å². The Morgan fingerprint density at radius 3 is 2.77 bits per heavy atom. The monoisotopic (exact) mass is 310 g/mol. The largest absolute Gasteiger partial charge is 0.337 e. The second-order valence-corrected chi connectivity index (χ2v) is 6.39. The molecule has 3 nitrogen and oxygen atoms in total.